The fourth-order valence-electron chi connectivity index (χ4n) is 3.19. The van der Waals surface area contributed by atoms with E-state index in [0.717, 1.165) is 12.6 Å². The van der Waals surface area contributed by atoms with Crippen molar-refractivity contribution < 1.29 is 9.53 Å². The van der Waals surface area contributed by atoms with Crippen LogP contribution in [0.2, 0.25) is 0 Å². The molecule has 1 aliphatic heterocycles. The number of rotatable bonds is 2. The van der Waals surface area contributed by atoms with E-state index in [2.05, 4.69) is 59.1 Å². The van der Waals surface area contributed by atoms with Crippen LogP contribution in [0.1, 0.15) is 27.2 Å². The molecular weight excluding hydrogens is 346 g/mol. The molecule has 0 saturated carbocycles. The van der Waals surface area contributed by atoms with Crippen LogP contribution in [-0.4, -0.2) is 38.5 Å². The van der Waals surface area contributed by atoms with Crippen molar-refractivity contribution >= 4 is 31.9 Å². The Balaban J connectivity index is 2.37. The van der Waals surface area contributed by atoms with Gasteiger partial charge in [0.2, 0.25) is 0 Å². The normalized spacial score (nSPS) is 35.7. The predicted molar refractivity (Wildman–Crippen MR) is 90.2 cm³/mol. The SMILES string of the molecule is C#C[C@]1(OC(C)=O)C[C@@H](C)[P@@](=[Se])(c2ccccc2)C[C@H]1C. The first kappa shape index (κ1) is 16.6. The van der Waals surface area contributed by atoms with Crippen LogP contribution in [0.5, 0.6) is 0 Å². The number of benzene rings is 1. The van der Waals surface area contributed by atoms with E-state index in [4.69, 9.17) is 11.2 Å². The molecule has 1 aromatic rings. The van der Waals surface area contributed by atoms with Crippen molar-refractivity contribution in [2.24, 2.45) is 5.92 Å². The third-order valence-electron chi connectivity index (χ3n) is 4.42. The van der Waals surface area contributed by atoms with Gasteiger partial charge in [0, 0.05) is 0 Å². The third-order valence-corrected chi connectivity index (χ3v) is 12.8. The van der Waals surface area contributed by atoms with Gasteiger partial charge < -0.3 is 0 Å². The third kappa shape index (κ3) is 3.04. The Labute approximate surface area is 134 Å². The molecule has 2 rings (SSSR count). The standard InChI is InChI=1S/C17H21O2PSe/c1-5-17(19-15(4)18)11-14(3)20(21,12-13(17)2)16-9-7-6-8-10-16/h1,6-10,13-14H,11-12H2,2-4H3/t13-,14-,17+,20-/m1/s1. The molecular formula is C17H21O2PSe. The minimum atomic E-state index is -1.41. The quantitative estimate of drug-likeness (QED) is 0.348. The monoisotopic (exact) mass is 368 g/mol. The summed E-state index contributed by atoms with van der Waals surface area (Å²) in [5.41, 5.74) is -1.77. The van der Waals surface area contributed by atoms with Crippen molar-refractivity contribution in [2.45, 2.75) is 38.5 Å². The molecule has 1 saturated heterocycles. The molecule has 4 atom stereocenters. The van der Waals surface area contributed by atoms with Gasteiger partial charge in [0.05, 0.1) is 0 Å². The van der Waals surface area contributed by atoms with Crippen LogP contribution in [0.15, 0.2) is 30.3 Å². The van der Waals surface area contributed by atoms with E-state index < -0.39 is 11.1 Å². The maximum absolute atomic E-state index is 11.4. The van der Waals surface area contributed by atoms with Gasteiger partial charge in [-0.2, -0.15) is 0 Å². The summed E-state index contributed by atoms with van der Waals surface area (Å²) >= 11 is 3.51. The molecule has 1 aromatic carbocycles. The van der Waals surface area contributed by atoms with E-state index >= 15 is 0 Å². The van der Waals surface area contributed by atoms with Crippen LogP contribution >= 0.6 is 5.51 Å². The predicted octanol–water partition coefficient (Wildman–Crippen LogP) is 2.78. The van der Waals surface area contributed by atoms with Gasteiger partial charge in [-0.15, -0.1) is 0 Å². The fourth-order valence-corrected chi connectivity index (χ4v) is 9.27. The zero-order valence-corrected chi connectivity index (χ0v) is 15.3. The molecule has 0 N–H and O–H groups in total. The van der Waals surface area contributed by atoms with Gasteiger partial charge in [-0.25, -0.2) is 0 Å². The molecule has 2 nitrogen and oxygen atoms in total. The van der Waals surface area contributed by atoms with Crippen LogP contribution < -0.4 is 5.30 Å². The Bertz CT molecular complexity index is 619. The molecule has 1 fully saturated rings. The molecule has 4 heteroatoms. The van der Waals surface area contributed by atoms with Gasteiger partial charge in [-0.1, -0.05) is 0 Å². The van der Waals surface area contributed by atoms with E-state index in [1.54, 1.807) is 0 Å². The van der Waals surface area contributed by atoms with Crippen LogP contribution in [0.25, 0.3) is 0 Å². The Morgan fingerprint density at radius 1 is 1.43 bits per heavy atom. The molecule has 21 heavy (non-hydrogen) atoms. The number of terminal acetylenes is 1. The molecule has 0 radical (unpaired) electrons. The second-order valence-corrected chi connectivity index (χ2v) is 13.4. The zero-order valence-electron chi connectivity index (χ0n) is 12.7. The summed E-state index contributed by atoms with van der Waals surface area (Å²) < 4.78 is 5.57. The van der Waals surface area contributed by atoms with Gasteiger partial charge >= 0.3 is 135 Å². The zero-order chi connectivity index (χ0) is 15.7. The van der Waals surface area contributed by atoms with Crippen molar-refractivity contribution in [3.8, 4) is 12.3 Å². The van der Waals surface area contributed by atoms with Crippen molar-refractivity contribution in [3.63, 3.8) is 0 Å². The van der Waals surface area contributed by atoms with Crippen LogP contribution in [0.4, 0.5) is 0 Å². The van der Waals surface area contributed by atoms with Gasteiger partial charge in [0.1, 0.15) is 0 Å². The number of hydrogen-bond acceptors (Lipinski definition) is 2. The van der Waals surface area contributed by atoms with Gasteiger partial charge in [0.25, 0.3) is 0 Å². The maximum atomic E-state index is 11.4. The van der Waals surface area contributed by atoms with E-state index in [1.807, 2.05) is 6.07 Å². The first-order chi connectivity index (χ1) is 9.84. The fraction of sp³-hybridized carbons (Fsp3) is 0.471. The molecule has 0 bridgehead atoms. The van der Waals surface area contributed by atoms with Crippen LogP contribution in [0.3, 0.4) is 0 Å². The molecule has 0 unspecified atom stereocenters. The topological polar surface area (TPSA) is 26.3 Å². The summed E-state index contributed by atoms with van der Waals surface area (Å²) in [7, 11) is 0. The Morgan fingerprint density at radius 2 is 2.05 bits per heavy atom. The van der Waals surface area contributed by atoms with Crippen LogP contribution in [0, 0.1) is 18.3 Å². The number of esters is 1. The van der Waals surface area contributed by atoms with Crippen molar-refractivity contribution in [2.75, 3.05) is 6.16 Å². The number of ether oxygens (including phenoxy) is 1. The Kier molecular flexibility index (Phi) is 4.84. The van der Waals surface area contributed by atoms with E-state index in [1.165, 1.54) is 12.2 Å². The molecule has 0 amide bonds. The van der Waals surface area contributed by atoms with Gasteiger partial charge in [0.15, 0.2) is 0 Å². The molecule has 0 spiro atoms. The first-order valence-electron chi connectivity index (χ1n) is 7.16. The molecule has 0 aliphatic carbocycles. The summed E-state index contributed by atoms with van der Waals surface area (Å²) in [5, 5.41) is 1.39. The van der Waals surface area contributed by atoms with Crippen LogP contribution in [-0.2, 0) is 9.53 Å². The second-order valence-electron chi connectivity index (χ2n) is 5.90. The average Bonchev–Trinajstić information content (AvgIpc) is 2.45. The van der Waals surface area contributed by atoms with E-state index in [9.17, 15) is 4.79 Å². The summed E-state index contributed by atoms with van der Waals surface area (Å²) in [5.74, 6) is 2.64. The summed E-state index contributed by atoms with van der Waals surface area (Å²) in [6.07, 6.45) is 7.43. The summed E-state index contributed by atoms with van der Waals surface area (Å²) in [6.45, 7) is 5.76. The summed E-state index contributed by atoms with van der Waals surface area (Å²) in [4.78, 5) is 11.4. The Hall–Kier alpha value is -0.801. The first-order valence-corrected chi connectivity index (χ1v) is 11.4. The van der Waals surface area contributed by atoms with E-state index in [-0.39, 0.29) is 11.9 Å². The van der Waals surface area contributed by atoms with Gasteiger partial charge in [-0.3, -0.25) is 0 Å². The second kappa shape index (κ2) is 6.13. The average molecular weight is 367 g/mol. The van der Waals surface area contributed by atoms with Crippen molar-refractivity contribution in [3.05, 3.63) is 30.3 Å². The number of carbonyl (C=O) groups is 1. The molecule has 1 aliphatic rings. The molecule has 112 valence electrons. The van der Waals surface area contributed by atoms with Gasteiger partial charge in [-0.05, 0) is 0 Å². The van der Waals surface area contributed by atoms with E-state index in [0.29, 0.717) is 5.66 Å². The number of hydrogen-bond donors (Lipinski definition) is 0. The van der Waals surface area contributed by atoms with Crippen molar-refractivity contribution in [1.82, 2.24) is 0 Å². The Morgan fingerprint density at radius 3 is 2.57 bits per heavy atom. The minimum absolute atomic E-state index is 0.150. The molecule has 1 heterocycles. The number of carbonyl (C=O) groups excluding carboxylic acids is 1. The van der Waals surface area contributed by atoms with Crippen molar-refractivity contribution in [1.29, 1.82) is 0 Å². The molecule has 0 aromatic heterocycles. The summed E-state index contributed by atoms with van der Waals surface area (Å²) in [6, 6.07) is 10.6.